The van der Waals surface area contributed by atoms with E-state index in [1.165, 1.54) is 0 Å². The number of carbonyl (C=O) groups excluding carboxylic acids is 1. The van der Waals surface area contributed by atoms with Crippen molar-refractivity contribution in [3.8, 4) is 0 Å². The number of aryl methyl sites for hydroxylation is 1. The van der Waals surface area contributed by atoms with Gasteiger partial charge in [-0.2, -0.15) is 0 Å². The van der Waals surface area contributed by atoms with Crippen LogP contribution in [0.5, 0.6) is 0 Å². The third-order valence-electron chi connectivity index (χ3n) is 5.07. The number of rotatable bonds is 5. The topological polar surface area (TPSA) is 58.1 Å². The molecule has 3 heterocycles. The average Bonchev–Trinajstić information content (AvgIpc) is 3.20. The standard InChI is InChI=1S/C21H24N4OS/c1-2-18-23-19(17-10-12-27-21(17)24-18)25-11-6-7-15(14-25)13-22-20(26)16-8-4-3-5-9-16/h3-5,8-10,12,15H,2,6-7,11,13-14H2,1H3,(H,22,26). The van der Waals surface area contributed by atoms with Crippen LogP contribution in [0.25, 0.3) is 10.2 Å². The number of fused-ring (bicyclic) bond motifs is 1. The van der Waals surface area contributed by atoms with Crippen LogP contribution in [0.4, 0.5) is 5.82 Å². The molecule has 1 atom stereocenters. The summed E-state index contributed by atoms with van der Waals surface area (Å²) in [6.07, 6.45) is 3.08. The van der Waals surface area contributed by atoms with Crippen molar-refractivity contribution >= 4 is 33.3 Å². The number of nitrogens with zero attached hydrogens (tertiary/aromatic N) is 3. The molecule has 1 N–H and O–H groups in total. The summed E-state index contributed by atoms with van der Waals surface area (Å²) in [5.41, 5.74) is 0.716. The number of hydrogen-bond donors (Lipinski definition) is 1. The van der Waals surface area contributed by atoms with E-state index in [0.29, 0.717) is 18.0 Å². The molecule has 1 fully saturated rings. The van der Waals surface area contributed by atoms with E-state index in [1.54, 1.807) is 11.3 Å². The zero-order chi connectivity index (χ0) is 18.6. The normalized spacial score (nSPS) is 17.2. The third-order valence-corrected chi connectivity index (χ3v) is 5.88. The van der Waals surface area contributed by atoms with E-state index in [1.807, 2.05) is 30.3 Å². The highest BCUT2D eigenvalue weighted by molar-refractivity contribution is 7.16. The molecule has 0 spiro atoms. The van der Waals surface area contributed by atoms with E-state index >= 15 is 0 Å². The fourth-order valence-corrected chi connectivity index (χ4v) is 4.41. The van der Waals surface area contributed by atoms with Gasteiger partial charge in [0.1, 0.15) is 16.5 Å². The minimum atomic E-state index is 0.00301. The van der Waals surface area contributed by atoms with Crippen LogP contribution in [-0.4, -0.2) is 35.5 Å². The number of carbonyl (C=O) groups is 1. The Kier molecular flexibility index (Phi) is 5.34. The van der Waals surface area contributed by atoms with Gasteiger partial charge < -0.3 is 10.2 Å². The number of aromatic nitrogens is 2. The summed E-state index contributed by atoms with van der Waals surface area (Å²) in [5.74, 6) is 2.39. The first-order valence-electron chi connectivity index (χ1n) is 9.57. The highest BCUT2D eigenvalue weighted by Crippen LogP contribution is 2.30. The van der Waals surface area contributed by atoms with Crippen molar-refractivity contribution in [2.24, 2.45) is 5.92 Å². The first-order valence-corrected chi connectivity index (χ1v) is 10.4. The molecule has 4 rings (SSSR count). The molecule has 6 heteroatoms. The van der Waals surface area contributed by atoms with Gasteiger partial charge >= 0.3 is 0 Å². The predicted molar refractivity (Wildman–Crippen MR) is 111 cm³/mol. The van der Waals surface area contributed by atoms with Gasteiger partial charge in [-0.25, -0.2) is 9.97 Å². The van der Waals surface area contributed by atoms with E-state index < -0.39 is 0 Å². The lowest BCUT2D eigenvalue weighted by Gasteiger charge is -2.34. The fourth-order valence-electron chi connectivity index (χ4n) is 3.63. The monoisotopic (exact) mass is 380 g/mol. The zero-order valence-corrected chi connectivity index (χ0v) is 16.3. The lowest BCUT2D eigenvalue weighted by Crippen LogP contribution is -2.41. The first-order chi connectivity index (χ1) is 13.2. The molecule has 1 aliphatic heterocycles. The van der Waals surface area contributed by atoms with Crippen LogP contribution in [0.2, 0.25) is 0 Å². The molecule has 5 nitrogen and oxygen atoms in total. The van der Waals surface area contributed by atoms with E-state index in [0.717, 1.165) is 54.2 Å². The lowest BCUT2D eigenvalue weighted by atomic mass is 9.97. The Hall–Kier alpha value is -2.47. The second-order valence-corrected chi connectivity index (χ2v) is 7.88. The average molecular weight is 381 g/mol. The molecule has 0 aliphatic carbocycles. The van der Waals surface area contributed by atoms with Gasteiger partial charge in [-0.1, -0.05) is 25.1 Å². The van der Waals surface area contributed by atoms with Gasteiger partial charge in [-0.3, -0.25) is 4.79 Å². The number of anilines is 1. The van der Waals surface area contributed by atoms with Gasteiger partial charge in [0.15, 0.2) is 0 Å². The first kappa shape index (κ1) is 17.9. The van der Waals surface area contributed by atoms with Crippen LogP contribution < -0.4 is 10.2 Å². The second kappa shape index (κ2) is 8.05. The smallest absolute Gasteiger partial charge is 0.251 e. The number of benzene rings is 1. The number of hydrogen-bond acceptors (Lipinski definition) is 5. The highest BCUT2D eigenvalue weighted by Gasteiger charge is 2.24. The second-order valence-electron chi connectivity index (χ2n) is 6.99. The molecule has 0 radical (unpaired) electrons. The maximum atomic E-state index is 12.3. The van der Waals surface area contributed by atoms with Crippen LogP contribution in [0.15, 0.2) is 41.8 Å². The number of piperidine rings is 1. The molecule has 1 aromatic carbocycles. The zero-order valence-electron chi connectivity index (χ0n) is 15.5. The van der Waals surface area contributed by atoms with Gasteiger partial charge in [0.2, 0.25) is 0 Å². The minimum Gasteiger partial charge on any atom is -0.356 e. The van der Waals surface area contributed by atoms with Crippen LogP contribution >= 0.6 is 11.3 Å². The fraction of sp³-hybridized carbons (Fsp3) is 0.381. The molecule has 1 amide bonds. The van der Waals surface area contributed by atoms with Crippen molar-refractivity contribution in [3.05, 3.63) is 53.2 Å². The molecule has 0 saturated carbocycles. The summed E-state index contributed by atoms with van der Waals surface area (Å²) >= 11 is 1.67. The maximum absolute atomic E-state index is 12.3. The summed E-state index contributed by atoms with van der Waals surface area (Å²) < 4.78 is 0. The van der Waals surface area contributed by atoms with Crippen LogP contribution in [0.1, 0.15) is 35.9 Å². The highest BCUT2D eigenvalue weighted by atomic mass is 32.1. The van der Waals surface area contributed by atoms with Crippen molar-refractivity contribution in [3.63, 3.8) is 0 Å². The molecule has 0 bridgehead atoms. The van der Waals surface area contributed by atoms with Crippen molar-refractivity contribution in [1.29, 1.82) is 0 Å². The summed E-state index contributed by atoms with van der Waals surface area (Å²) in [7, 11) is 0. The minimum absolute atomic E-state index is 0.00301. The molecular formula is C21H24N4OS. The number of amides is 1. The SMILES string of the molecule is CCc1nc(N2CCCC(CNC(=O)c3ccccc3)C2)c2ccsc2n1. The number of nitrogens with one attached hydrogen (secondary N) is 1. The number of thiophene rings is 1. The molecular weight excluding hydrogens is 356 g/mol. The van der Waals surface area contributed by atoms with E-state index in [-0.39, 0.29) is 5.91 Å². The molecule has 1 aliphatic rings. The Balaban J connectivity index is 1.46. The Morgan fingerprint density at radius 2 is 2.11 bits per heavy atom. The molecule has 2 aromatic heterocycles. The Labute approximate surface area is 163 Å². The Morgan fingerprint density at radius 3 is 2.93 bits per heavy atom. The Bertz CT molecular complexity index is 924. The summed E-state index contributed by atoms with van der Waals surface area (Å²) in [4.78, 5) is 25.2. The molecule has 1 saturated heterocycles. The van der Waals surface area contributed by atoms with E-state index in [4.69, 9.17) is 4.98 Å². The van der Waals surface area contributed by atoms with Crippen molar-refractivity contribution < 1.29 is 4.79 Å². The van der Waals surface area contributed by atoms with Crippen LogP contribution in [0.3, 0.4) is 0 Å². The summed E-state index contributed by atoms with van der Waals surface area (Å²) in [5, 5.41) is 6.33. The van der Waals surface area contributed by atoms with Gasteiger partial charge in [0, 0.05) is 31.6 Å². The molecule has 1 unspecified atom stereocenters. The maximum Gasteiger partial charge on any atom is 0.251 e. The van der Waals surface area contributed by atoms with E-state index in [9.17, 15) is 4.79 Å². The lowest BCUT2D eigenvalue weighted by molar-refractivity contribution is 0.0945. The van der Waals surface area contributed by atoms with E-state index in [2.05, 4.69) is 33.6 Å². The molecule has 3 aromatic rings. The van der Waals surface area contributed by atoms with Gasteiger partial charge in [0.25, 0.3) is 5.91 Å². The van der Waals surface area contributed by atoms with Crippen molar-refractivity contribution in [2.45, 2.75) is 26.2 Å². The van der Waals surface area contributed by atoms with Crippen molar-refractivity contribution in [2.75, 3.05) is 24.5 Å². The van der Waals surface area contributed by atoms with Crippen LogP contribution in [-0.2, 0) is 6.42 Å². The van der Waals surface area contributed by atoms with Gasteiger partial charge in [-0.15, -0.1) is 11.3 Å². The van der Waals surface area contributed by atoms with Gasteiger partial charge in [0.05, 0.1) is 5.39 Å². The van der Waals surface area contributed by atoms with Crippen LogP contribution in [0, 0.1) is 5.92 Å². The Morgan fingerprint density at radius 1 is 1.26 bits per heavy atom. The van der Waals surface area contributed by atoms with Crippen molar-refractivity contribution in [1.82, 2.24) is 15.3 Å². The quantitative estimate of drug-likeness (QED) is 0.729. The predicted octanol–water partition coefficient (Wildman–Crippen LogP) is 3.90. The molecule has 27 heavy (non-hydrogen) atoms. The largest absolute Gasteiger partial charge is 0.356 e. The summed E-state index contributed by atoms with van der Waals surface area (Å²) in [6.45, 7) is 4.72. The third kappa shape index (κ3) is 3.95. The van der Waals surface area contributed by atoms with Gasteiger partial charge in [-0.05, 0) is 42.3 Å². The summed E-state index contributed by atoms with van der Waals surface area (Å²) in [6, 6.07) is 11.5. The molecule has 140 valence electrons.